The van der Waals surface area contributed by atoms with Crippen LogP contribution >= 0.6 is 0 Å². The molecule has 0 bridgehead atoms. The summed E-state index contributed by atoms with van der Waals surface area (Å²) in [4.78, 5) is 0. The van der Waals surface area contributed by atoms with Gasteiger partial charge in [0.1, 0.15) is 18.6 Å². The van der Waals surface area contributed by atoms with Crippen LogP contribution in [-0.4, -0.2) is 29.9 Å². The van der Waals surface area contributed by atoms with E-state index in [1.54, 1.807) is 0 Å². The van der Waals surface area contributed by atoms with Crippen LogP contribution in [-0.2, 0) is 0 Å². The van der Waals surface area contributed by atoms with Gasteiger partial charge in [-0.3, -0.25) is 0 Å². The van der Waals surface area contributed by atoms with Gasteiger partial charge in [0.15, 0.2) is 0 Å². The van der Waals surface area contributed by atoms with Crippen molar-refractivity contribution in [3.63, 3.8) is 0 Å². The van der Waals surface area contributed by atoms with E-state index < -0.39 is 8.24 Å². The number of hydrogen-bond donors (Lipinski definition) is 0. The molecule has 0 atom stereocenters. The van der Waals surface area contributed by atoms with Crippen molar-refractivity contribution < 1.29 is 0 Å². The fourth-order valence-corrected chi connectivity index (χ4v) is 0. The topological polar surface area (TPSA) is 3.24 Å². The maximum Gasteiger partial charge on any atom is 0.135 e. The van der Waals surface area contributed by atoms with Gasteiger partial charge < -0.3 is 4.23 Å². The Hall–Kier alpha value is 0.394. The zero-order valence-electron chi connectivity index (χ0n) is 5.45. The van der Waals surface area contributed by atoms with Crippen LogP contribution in [0.5, 0.6) is 0 Å². The first-order chi connectivity index (χ1) is 2.94. The van der Waals surface area contributed by atoms with Gasteiger partial charge in [0.25, 0.3) is 0 Å². The molecule has 0 aliphatic rings. The molecule has 0 N–H and O–H groups in total. The molecule has 41 valence electrons. The molecule has 0 heterocycles. The highest BCUT2D eigenvalue weighted by molar-refractivity contribution is 6.76. The minimum Gasteiger partial charge on any atom is -0.352 e. The Morgan fingerprint density at radius 2 is 1.43 bits per heavy atom. The van der Waals surface area contributed by atoms with Crippen molar-refractivity contribution in [1.29, 1.82) is 0 Å². The predicted octanol–water partition coefficient (Wildman–Crippen LogP) is 0.837. The Labute approximate surface area is 50.3 Å². The Morgan fingerprint density at radius 3 is 1.43 bits per heavy atom. The van der Waals surface area contributed by atoms with Gasteiger partial charge in [0.05, 0.1) is 0 Å². The van der Waals surface area contributed by atoms with Crippen LogP contribution in [0.15, 0.2) is 0 Å². The molecule has 0 saturated heterocycles. The molecular weight excluding hydrogens is 118 g/mol. The highest BCUT2D eigenvalue weighted by Gasteiger charge is 2.14. The molecule has 0 aliphatic carbocycles. The summed E-state index contributed by atoms with van der Waals surface area (Å²) in [5.74, 6) is 0. The summed E-state index contributed by atoms with van der Waals surface area (Å²) in [6, 6.07) is 0. The van der Waals surface area contributed by atoms with Crippen LogP contribution in [0.4, 0.5) is 0 Å². The molecule has 1 nitrogen and oxygen atoms in total. The van der Waals surface area contributed by atoms with E-state index in [2.05, 4.69) is 41.3 Å². The number of rotatable bonds is 1. The van der Waals surface area contributed by atoms with Gasteiger partial charge in [-0.25, -0.2) is 0 Å². The molecular formula is C4H12NSi2. The van der Waals surface area contributed by atoms with E-state index in [0.29, 0.717) is 0 Å². The average Bonchev–Trinajstić information content (AvgIpc) is 1.31. The normalized spacial score (nSPS) is 12.9. The van der Waals surface area contributed by atoms with E-state index >= 15 is 0 Å². The lowest BCUT2D eigenvalue weighted by Crippen LogP contribution is -2.40. The summed E-state index contributed by atoms with van der Waals surface area (Å²) >= 11 is 0. The third kappa shape index (κ3) is 3.02. The second-order valence-corrected chi connectivity index (χ2v) is 8.86. The standard InChI is InChI=1S/C4H12NSi2/c1-5(6)7(2,3)4/h1-4H3. The van der Waals surface area contributed by atoms with E-state index in [-0.39, 0.29) is 0 Å². The van der Waals surface area contributed by atoms with E-state index in [1.807, 2.05) is 0 Å². The Bertz CT molecular complexity index is 55.2. The van der Waals surface area contributed by atoms with Gasteiger partial charge in [-0.1, -0.05) is 19.6 Å². The van der Waals surface area contributed by atoms with Gasteiger partial charge in [-0.15, -0.1) is 0 Å². The van der Waals surface area contributed by atoms with Crippen LogP contribution in [0.1, 0.15) is 0 Å². The molecule has 0 spiro atoms. The molecule has 0 aromatic rings. The summed E-state index contributed by atoms with van der Waals surface area (Å²) in [6.45, 7) is 6.83. The lowest BCUT2D eigenvalue weighted by Gasteiger charge is -2.24. The van der Waals surface area contributed by atoms with Crippen LogP contribution in [0.3, 0.4) is 0 Å². The smallest absolute Gasteiger partial charge is 0.135 e. The second-order valence-electron chi connectivity index (χ2n) is 2.73. The Balaban J connectivity index is 3.54. The fourth-order valence-electron chi connectivity index (χ4n) is 0. The van der Waals surface area contributed by atoms with Crippen molar-refractivity contribution in [3.8, 4) is 0 Å². The van der Waals surface area contributed by atoms with Crippen LogP contribution in [0, 0.1) is 0 Å². The molecule has 3 radical (unpaired) electrons. The van der Waals surface area contributed by atoms with Gasteiger partial charge in [-0.05, 0) is 7.05 Å². The van der Waals surface area contributed by atoms with Gasteiger partial charge in [-0.2, -0.15) is 0 Å². The first-order valence-corrected chi connectivity index (χ1v) is 6.29. The van der Waals surface area contributed by atoms with E-state index in [0.717, 1.165) is 0 Å². The predicted molar refractivity (Wildman–Crippen MR) is 36.9 cm³/mol. The van der Waals surface area contributed by atoms with Crippen molar-refractivity contribution in [2.75, 3.05) is 7.05 Å². The summed E-state index contributed by atoms with van der Waals surface area (Å²) in [5.41, 5.74) is 0. The molecule has 0 aromatic carbocycles. The quantitative estimate of drug-likeness (QED) is 0.475. The fraction of sp³-hybridized carbons (Fsp3) is 1.00. The largest absolute Gasteiger partial charge is 0.352 e. The molecule has 0 fully saturated rings. The van der Waals surface area contributed by atoms with Crippen molar-refractivity contribution >= 4 is 18.6 Å². The zero-order chi connectivity index (χ0) is 6.08. The van der Waals surface area contributed by atoms with Crippen molar-refractivity contribution in [3.05, 3.63) is 0 Å². The third-order valence-electron chi connectivity index (χ3n) is 1.01. The van der Waals surface area contributed by atoms with E-state index in [4.69, 9.17) is 0 Å². The van der Waals surface area contributed by atoms with Crippen molar-refractivity contribution in [2.45, 2.75) is 19.6 Å². The molecule has 0 aromatic heterocycles. The lowest BCUT2D eigenvalue weighted by atomic mass is 11.6. The molecule has 0 aliphatic heterocycles. The van der Waals surface area contributed by atoms with Crippen LogP contribution < -0.4 is 0 Å². The number of hydrogen-bond acceptors (Lipinski definition) is 1. The summed E-state index contributed by atoms with van der Waals surface area (Å²) < 4.78 is 2.13. The lowest BCUT2D eigenvalue weighted by molar-refractivity contribution is 0.820. The average molecular weight is 130 g/mol. The summed E-state index contributed by atoms with van der Waals surface area (Å²) in [6.07, 6.45) is 0. The first-order valence-electron chi connectivity index (χ1n) is 2.39. The minimum absolute atomic E-state index is 0.988. The maximum atomic E-state index is 3.44. The van der Waals surface area contributed by atoms with E-state index in [9.17, 15) is 0 Å². The summed E-state index contributed by atoms with van der Waals surface area (Å²) in [7, 11) is 4.51. The van der Waals surface area contributed by atoms with Crippen LogP contribution in [0.25, 0.3) is 0 Å². The summed E-state index contributed by atoms with van der Waals surface area (Å²) in [5, 5.41) is 0. The second kappa shape index (κ2) is 2.11. The zero-order valence-corrected chi connectivity index (χ0v) is 7.45. The molecule has 0 unspecified atom stereocenters. The molecule has 0 rings (SSSR count). The minimum atomic E-state index is -0.988. The van der Waals surface area contributed by atoms with E-state index in [1.165, 1.54) is 0 Å². The van der Waals surface area contributed by atoms with Crippen molar-refractivity contribution in [1.82, 2.24) is 4.23 Å². The Morgan fingerprint density at radius 1 is 1.29 bits per heavy atom. The highest BCUT2D eigenvalue weighted by Crippen LogP contribution is 2.00. The molecule has 0 amide bonds. The monoisotopic (exact) mass is 130 g/mol. The van der Waals surface area contributed by atoms with Gasteiger partial charge in [0, 0.05) is 0 Å². The Kier molecular flexibility index (Phi) is 2.23. The SMILES string of the molecule is CN([Si])[Si](C)(C)C. The van der Waals surface area contributed by atoms with Crippen molar-refractivity contribution in [2.24, 2.45) is 0 Å². The molecule has 7 heavy (non-hydrogen) atoms. The highest BCUT2D eigenvalue weighted by atomic mass is 28.4. The molecule has 3 heteroatoms. The first kappa shape index (κ1) is 7.39. The maximum absolute atomic E-state index is 3.44. The number of nitrogens with zero attached hydrogens (tertiary/aromatic N) is 1. The van der Waals surface area contributed by atoms with Gasteiger partial charge in [0.2, 0.25) is 0 Å². The van der Waals surface area contributed by atoms with Gasteiger partial charge >= 0.3 is 0 Å². The third-order valence-corrected chi connectivity index (χ3v) is 5.03. The van der Waals surface area contributed by atoms with Crippen LogP contribution in [0.2, 0.25) is 19.6 Å². The molecule has 0 saturated carbocycles.